The van der Waals surface area contributed by atoms with Gasteiger partial charge >= 0.3 is 11.8 Å². The molecule has 0 spiro atoms. The second-order valence-corrected chi connectivity index (χ2v) is 3.80. The van der Waals surface area contributed by atoms with Crippen molar-refractivity contribution in [1.29, 1.82) is 0 Å². The minimum absolute atomic E-state index is 0.0672. The molecule has 0 aliphatic carbocycles. The molecule has 8 heteroatoms. The van der Waals surface area contributed by atoms with E-state index in [9.17, 15) is 18.0 Å². The van der Waals surface area contributed by atoms with E-state index in [0.717, 1.165) is 6.07 Å². The first-order chi connectivity index (χ1) is 9.36. The maximum absolute atomic E-state index is 12.6. The number of fused-ring (bicyclic) bond motifs is 1. The molecule has 0 amide bonds. The molecule has 0 aliphatic heterocycles. The van der Waals surface area contributed by atoms with E-state index in [1.807, 2.05) is 0 Å². The minimum Gasteiger partial charge on any atom is -0.497 e. The number of ether oxygens (including phenoxy) is 1. The molecule has 2 aromatic rings. The van der Waals surface area contributed by atoms with Crippen LogP contribution in [-0.4, -0.2) is 24.2 Å². The number of benzene rings is 1. The van der Waals surface area contributed by atoms with Crippen molar-refractivity contribution in [1.82, 2.24) is 0 Å². The molecule has 20 heavy (non-hydrogen) atoms. The van der Waals surface area contributed by atoms with Gasteiger partial charge in [0.05, 0.1) is 12.7 Å². The first kappa shape index (κ1) is 13.9. The second kappa shape index (κ2) is 4.87. The molecule has 2 rings (SSSR count). The van der Waals surface area contributed by atoms with Crippen LogP contribution in [0, 0.1) is 0 Å². The molecule has 0 radical (unpaired) electrons. The number of alkyl halides is 3. The van der Waals surface area contributed by atoms with Gasteiger partial charge in [0.1, 0.15) is 11.3 Å². The predicted octanol–water partition coefficient (Wildman–Crippen LogP) is 2.54. The van der Waals surface area contributed by atoms with E-state index < -0.39 is 23.1 Å². The zero-order valence-electron chi connectivity index (χ0n) is 10.1. The molecule has 106 valence electrons. The summed E-state index contributed by atoms with van der Waals surface area (Å²) in [5, 5.41) is 10.8. The zero-order valence-corrected chi connectivity index (χ0v) is 10.1. The van der Waals surface area contributed by atoms with Crippen LogP contribution in [0.3, 0.4) is 0 Å². The Hall–Kier alpha value is -2.51. The van der Waals surface area contributed by atoms with Gasteiger partial charge in [-0.2, -0.15) is 13.2 Å². The maximum Gasteiger partial charge on any atom is 0.437 e. The lowest BCUT2D eigenvalue weighted by molar-refractivity contribution is -0.0602. The van der Waals surface area contributed by atoms with Crippen LogP contribution in [0.25, 0.3) is 11.0 Å². The van der Waals surface area contributed by atoms with Crippen molar-refractivity contribution < 1.29 is 27.5 Å². The number of halogens is 3. The monoisotopic (exact) mass is 287 g/mol. The molecular weight excluding hydrogens is 279 g/mol. The number of hydrogen-bond acceptors (Lipinski definition) is 5. The van der Waals surface area contributed by atoms with Crippen molar-refractivity contribution in [2.75, 3.05) is 7.11 Å². The molecule has 1 heterocycles. The van der Waals surface area contributed by atoms with Gasteiger partial charge in [0, 0.05) is 11.5 Å². The highest BCUT2D eigenvalue weighted by molar-refractivity contribution is 6.05. The van der Waals surface area contributed by atoms with Gasteiger partial charge in [-0.1, -0.05) is 5.16 Å². The molecule has 0 unspecified atom stereocenters. The third-order valence-electron chi connectivity index (χ3n) is 2.57. The largest absolute Gasteiger partial charge is 0.497 e. The zero-order chi connectivity index (χ0) is 14.9. The quantitative estimate of drug-likeness (QED) is 0.399. The summed E-state index contributed by atoms with van der Waals surface area (Å²) in [4.78, 5) is 11.6. The predicted molar refractivity (Wildman–Crippen MR) is 63.4 cm³/mol. The molecule has 1 aromatic carbocycles. The number of hydrogen-bond donors (Lipinski definition) is 1. The van der Waals surface area contributed by atoms with E-state index >= 15 is 0 Å². The van der Waals surface area contributed by atoms with Crippen LogP contribution >= 0.6 is 0 Å². The van der Waals surface area contributed by atoms with Crippen LogP contribution < -0.4 is 10.4 Å². The second-order valence-electron chi connectivity index (χ2n) is 3.80. The Bertz CT molecular complexity index is 734. The van der Waals surface area contributed by atoms with Crippen molar-refractivity contribution in [3.05, 3.63) is 40.2 Å². The van der Waals surface area contributed by atoms with Crippen LogP contribution in [0.1, 0.15) is 5.56 Å². The third kappa shape index (κ3) is 2.44. The number of oxime groups is 1. The fourth-order valence-corrected chi connectivity index (χ4v) is 1.65. The van der Waals surface area contributed by atoms with Crippen LogP contribution in [0.5, 0.6) is 5.75 Å². The normalized spacial score (nSPS) is 12.7. The molecule has 0 fully saturated rings. The summed E-state index contributed by atoms with van der Waals surface area (Å²) in [7, 11) is 1.40. The fraction of sp³-hybridized carbons (Fsp3) is 0.167. The van der Waals surface area contributed by atoms with Crippen molar-refractivity contribution in [2.24, 2.45) is 5.16 Å². The molecule has 5 nitrogen and oxygen atoms in total. The SMILES string of the molecule is COc1ccc2cc(/C(=N/O)C(F)(F)F)c(=O)oc2c1. The van der Waals surface area contributed by atoms with E-state index in [4.69, 9.17) is 14.4 Å². The molecule has 0 saturated carbocycles. The summed E-state index contributed by atoms with van der Waals surface area (Å²) in [6.07, 6.45) is -4.97. The highest BCUT2D eigenvalue weighted by Gasteiger charge is 2.39. The molecule has 1 N–H and O–H groups in total. The first-order valence-corrected chi connectivity index (χ1v) is 5.28. The van der Waals surface area contributed by atoms with Crippen LogP contribution in [0.2, 0.25) is 0 Å². The van der Waals surface area contributed by atoms with Crippen LogP contribution in [0.15, 0.2) is 38.6 Å². The summed E-state index contributed by atoms with van der Waals surface area (Å²) >= 11 is 0. The summed E-state index contributed by atoms with van der Waals surface area (Å²) in [6, 6.07) is 5.23. The minimum atomic E-state index is -4.97. The molecule has 0 aliphatic rings. The van der Waals surface area contributed by atoms with E-state index in [1.54, 1.807) is 0 Å². The summed E-state index contributed by atoms with van der Waals surface area (Å²) in [5.41, 5.74) is -3.75. The van der Waals surface area contributed by atoms with Gasteiger partial charge in [0.2, 0.25) is 0 Å². The molecule has 0 atom stereocenters. The van der Waals surface area contributed by atoms with Crippen LogP contribution in [0.4, 0.5) is 13.2 Å². The van der Waals surface area contributed by atoms with Gasteiger partial charge in [-0.05, 0) is 18.2 Å². The highest BCUT2D eigenvalue weighted by atomic mass is 19.4. The van der Waals surface area contributed by atoms with E-state index in [0.29, 0.717) is 5.75 Å². The number of methoxy groups -OCH3 is 1. The summed E-state index contributed by atoms with van der Waals surface area (Å²) in [6.45, 7) is 0. The highest BCUT2D eigenvalue weighted by Crippen LogP contribution is 2.24. The summed E-state index contributed by atoms with van der Waals surface area (Å²) < 4.78 is 47.5. The molecular formula is C12H8F3NO4. The van der Waals surface area contributed by atoms with Gasteiger partial charge in [-0.15, -0.1) is 0 Å². The third-order valence-corrected chi connectivity index (χ3v) is 2.57. The van der Waals surface area contributed by atoms with Crippen molar-refractivity contribution >= 4 is 16.7 Å². The Morgan fingerprint density at radius 3 is 2.60 bits per heavy atom. The smallest absolute Gasteiger partial charge is 0.437 e. The lowest BCUT2D eigenvalue weighted by Gasteiger charge is -2.08. The van der Waals surface area contributed by atoms with Gasteiger partial charge in [-0.25, -0.2) is 4.79 Å². The van der Waals surface area contributed by atoms with Gasteiger partial charge in [0.25, 0.3) is 0 Å². The average Bonchev–Trinajstić information content (AvgIpc) is 2.38. The molecule has 1 aromatic heterocycles. The lowest BCUT2D eigenvalue weighted by Crippen LogP contribution is -2.29. The maximum atomic E-state index is 12.6. The topological polar surface area (TPSA) is 72.0 Å². The summed E-state index contributed by atoms with van der Waals surface area (Å²) in [5.74, 6) is 0.389. The Morgan fingerprint density at radius 2 is 2.05 bits per heavy atom. The van der Waals surface area contributed by atoms with Gasteiger partial charge < -0.3 is 14.4 Å². The Labute approximate surface area is 109 Å². The Morgan fingerprint density at radius 1 is 1.35 bits per heavy atom. The van der Waals surface area contributed by atoms with Crippen molar-refractivity contribution in [3.8, 4) is 5.75 Å². The van der Waals surface area contributed by atoms with Gasteiger partial charge in [-0.3, -0.25) is 0 Å². The fourth-order valence-electron chi connectivity index (χ4n) is 1.65. The average molecular weight is 287 g/mol. The van der Waals surface area contributed by atoms with Crippen molar-refractivity contribution in [2.45, 2.75) is 6.18 Å². The number of rotatable bonds is 2. The van der Waals surface area contributed by atoms with Gasteiger partial charge in [0.15, 0.2) is 5.71 Å². The van der Waals surface area contributed by atoms with E-state index in [2.05, 4.69) is 5.16 Å². The van der Waals surface area contributed by atoms with Crippen LogP contribution in [-0.2, 0) is 0 Å². The van der Waals surface area contributed by atoms with E-state index in [1.165, 1.54) is 25.3 Å². The Kier molecular flexibility index (Phi) is 3.39. The lowest BCUT2D eigenvalue weighted by atomic mass is 10.1. The van der Waals surface area contributed by atoms with E-state index in [-0.39, 0.29) is 11.0 Å². The van der Waals surface area contributed by atoms with Crippen molar-refractivity contribution in [3.63, 3.8) is 0 Å². The molecule has 0 saturated heterocycles. The first-order valence-electron chi connectivity index (χ1n) is 5.28. The number of nitrogens with zero attached hydrogens (tertiary/aromatic N) is 1. The standard InChI is InChI=1S/C12H8F3NO4/c1-19-7-3-2-6-4-8(10(16-18)12(13,14)15)11(17)20-9(6)5-7/h2-5,18H,1H3/b16-10-. The Balaban J connectivity index is 2.68. The molecule has 0 bridgehead atoms.